The third kappa shape index (κ3) is 1.99. The molecule has 0 fully saturated rings. The van der Waals surface area contributed by atoms with Crippen LogP contribution in [0.4, 0.5) is 0 Å². The minimum absolute atomic E-state index is 0.0148. The number of hydrogen-bond acceptors (Lipinski definition) is 2. The first kappa shape index (κ1) is 10.9. The molecule has 3 nitrogen and oxygen atoms in total. The summed E-state index contributed by atoms with van der Waals surface area (Å²) in [5.74, 6) is 0.0866. The predicted molar refractivity (Wildman–Crippen MR) is 64.5 cm³/mol. The van der Waals surface area contributed by atoms with Gasteiger partial charge in [-0.2, -0.15) is 0 Å². The standard InChI is InChI=1S/C13H15NO2/c1-10(9-15)8-14-12-5-3-2-4-11(12)6-7-13(14)16/h2-7,10,15H,8-9H2,1H3. The monoisotopic (exact) mass is 217 g/mol. The van der Waals surface area contributed by atoms with Crippen LogP contribution in [0.3, 0.4) is 0 Å². The minimum Gasteiger partial charge on any atom is -0.396 e. The highest BCUT2D eigenvalue weighted by Gasteiger charge is 2.06. The van der Waals surface area contributed by atoms with Gasteiger partial charge in [0.1, 0.15) is 0 Å². The average molecular weight is 217 g/mol. The SMILES string of the molecule is CC(CO)Cn1c(=O)ccc2ccccc21. The fourth-order valence-electron chi connectivity index (χ4n) is 1.80. The van der Waals surface area contributed by atoms with Crippen molar-refractivity contribution in [2.75, 3.05) is 6.61 Å². The normalized spacial score (nSPS) is 12.9. The molecular formula is C13H15NO2. The topological polar surface area (TPSA) is 42.2 Å². The van der Waals surface area contributed by atoms with E-state index in [0.29, 0.717) is 6.54 Å². The van der Waals surface area contributed by atoms with Crippen LogP contribution in [0.2, 0.25) is 0 Å². The summed E-state index contributed by atoms with van der Waals surface area (Å²) < 4.78 is 1.72. The average Bonchev–Trinajstić information content (AvgIpc) is 2.32. The van der Waals surface area contributed by atoms with Crippen molar-refractivity contribution in [3.8, 4) is 0 Å². The van der Waals surface area contributed by atoms with Gasteiger partial charge in [0.05, 0.1) is 5.52 Å². The van der Waals surface area contributed by atoms with Crippen molar-refractivity contribution in [3.63, 3.8) is 0 Å². The van der Waals surface area contributed by atoms with E-state index in [0.717, 1.165) is 10.9 Å². The van der Waals surface area contributed by atoms with Crippen molar-refractivity contribution in [3.05, 3.63) is 46.8 Å². The Morgan fingerprint density at radius 3 is 2.75 bits per heavy atom. The lowest BCUT2D eigenvalue weighted by Gasteiger charge is -2.13. The molecule has 1 N–H and O–H groups in total. The molecule has 1 aromatic carbocycles. The summed E-state index contributed by atoms with van der Waals surface area (Å²) >= 11 is 0. The molecule has 1 unspecified atom stereocenters. The molecule has 0 spiro atoms. The molecule has 0 radical (unpaired) electrons. The van der Waals surface area contributed by atoms with E-state index in [2.05, 4.69) is 0 Å². The molecular weight excluding hydrogens is 202 g/mol. The van der Waals surface area contributed by atoms with Gasteiger partial charge in [-0.25, -0.2) is 0 Å². The molecule has 3 heteroatoms. The van der Waals surface area contributed by atoms with Crippen molar-refractivity contribution in [2.45, 2.75) is 13.5 Å². The van der Waals surface area contributed by atoms with E-state index in [1.807, 2.05) is 37.3 Å². The molecule has 1 aromatic heterocycles. The highest BCUT2D eigenvalue weighted by Crippen LogP contribution is 2.12. The summed E-state index contributed by atoms with van der Waals surface area (Å²) in [5, 5.41) is 10.1. The molecule has 0 aliphatic carbocycles. The minimum atomic E-state index is -0.0148. The number of aliphatic hydroxyl groups excluding tert-OH is 1. The lowest BCUT2D eigenvalue weighted by Crippen LogP contribution is -2.23. The van der Waals surface area contributed by atoms with E-state index in [4.69, 9.17) is 5.11 Å². The van der Waals surface area contributed by atoms with E-state index in [-0.39, 0.29) is 18.1 Å². The molecule has 2 rings (SSSR count). The number of pyridine rings is 1. The van der Waals surface area contributed by atoms with Crippen LogP contribution in [0.1, 0.15) is 6.92 Å². The van der Waals surface area contributed by atoms with Gasteiger partial charge >= 0.3 is 0 Å². The van der Waals surface area contributed by atoms with E-state index in [1.54, 1.807) is 10.6 Å². The summed E-state index contributed by atoms with van der Waals surface area (Å²) in [4.78, 5) is 11.8. The van der Waals surface area contributed by atoms with Crippen LogP contribution in [-0.2, 0) is 6.54 Å². The number of fused-ring (bicyclic) bond motifs is 1. The van der Waals surface area contributed by atoms with Gasteiger partial charge < -0.3 is 9.67 Å². The fourth-order valence-corrected chi connectivity index (χ4v) is 1.80. The third-order valence-corrected chi connectivity index (χ3v) is 2.70. The van der Waals surface area contributed by atoms with E-state index >= 15 is 0 Å². The number of aliphatic hydroxyl groups is 1. The highest BCUT2D eigenvalue weighted by atomic mass is 16.3. The van der Waals surface area contributed by atoms with Gasteiger partial charge in [0.2, 0.25) is 0 Å². The quantitative estimate of drug-likeness (QED) is 0.849. The predicted octanol–water partition coefficient (Wildman–Crippen LogP) is 1.63. The molecule has 0 amide bonds. The smallest absolute Gasteiger partial charge is 0.251 e. The van der Waals surface area contributed by atoms with Gasteiger partial charge in [0.25, 0.3) is 5.56 Å². The Labute approximate surface area is 94.0 Å². The maximum absolute atomic E-state index is 11.8. The number of rotatable bonds is 3. The first-order chi connectivity index (χ1) is 7.72. The lowest BCUT2D eigenvalue weighted by atomic mass is 10.1. The number of benzene rings is 1. The number of aromatic nitrogens is 1. The van der Waals surface area contributed by atoms with Gasteiger partial charge in [-0.15, -0.1) is 0 Å². The lowest BCUT2D eigenvalue weighted by molar-refractivity contribution is 0.223. The van der Waals surface area contributed by atoms with Crippen molar-refractivity contribution in [1.82, 2.24) is 4.57 Å². The summed E-state index contributed by atoms with van der Waals surface area (Å²) in [6, 6.07) is 11.2. The van der Waals surface area contributed by atoms with Crippen LogP contribution in [0.25, 0.3) is 10.9 Å². The largest absolute Gasteiger partial charge is 0.396 e. The molecule has 0 aliphatic heterocycles. The van der Waals surface area contributed by atoms with Crippen LogP contribution in [-0.4, -0.2) is 16.3 Å². The Morgan fingerprint density at radius 2 is 2.00 bits per heavy atom. The molecule has 0 saturated heterocycles. The molecule has 16 heavy (non-hydrogen) atoms. The first-order valence-corrected chi connectivity index (χ1v) is 5.42. The summed E-state index contributed by atoms with van der Waals surface area (Å²) in [7, 11) is 0. The first-order valence-electron chi connectivity index (χ1n) is 5.42. The van der Waals surface area contributed by atoms with Crippen molar-refractivity contribution < 1.29 is 5.11 Å². The van der Waals surface area contributed by atoms with Crippen LogP contribution >= 0.6 is 0 Å². The van der Waals surface area contributed by atoms with Crippen LogP contribution in [0.15, 0.2) is 41.2 Å². The Hall–Kier alpha value is -1.61. The van der Waals surface area contributed by atoms with Gasteiger partial charge in [0, 0.05) is 19.2 Å². The summed E-state index contributed by atoms with van der Waals surface area (Å²) in [6.45, 7) is 2.57. The van der Waals surface area contributed by atoms with E-state index in [1.165, 1.54) is 0 Å². The highest BCUT2D eigenvalue weighted by molar-refractivity contribution is 5.78. The van der Waals surface area contributed by atoms with Gasteiger partial charge in [-0.1, -0.05) is 25.1 Å². The Balaban J connectivity index is 2.57. The van der Waals surface area contributed by atoms with Crippen LogP contribution < -0.4 is 5.56 Å². The molecule has 0 saturated carbocycles. The zero-order valence-corrected chi connectivity index (χ0v) is 9.26. The Morgan fingerprint density at radius 1 is 1.25 bits per heavy atom. The summed E-state index contributed by atoms with van der Waals surface area (Å²) in [5.41, 5.74) is 0.911. The zero-order valence-electron chi connectivity index (χ0n) is 9.26. The molecule has 0 aliphatic rings. The zero-order chi connectivity index (χ0) is 11.5. The molecule has 2 aromatic rings. The van der Waals surface area contributed by atoms with E-state index < -0.39 is 0 Å². The second-order valence-corrected chi connectivity index (χ2v) is 4.13. The van der Waals surface area contributed by atoms with Crippen LogP contribution in [0.5, 0.6) is 0 Å². The van der Waals surface area contributed by atoms with Crippen molar-refractivity contribution >= 4 is 10.9 Å². The number of para-hydroxylation sites is 1. The van der Waals surface area contributed by atoms with Gasteiger partial charge in [-0.3, -0.25) is 4.79 Å². The molecule has 84 valence electrons. The Bertz CT molecular complexity index is 545. The molecule has 1 heterocycles. The van der Waals surface area contributed by atoms with Gasteiger partial charge in [-0.05, 0) is 23.4 Å². The maximum Gasteiger partial charge on any atom is 0.251 e. The van der Waals surface area contributed by atoms with Crippen molar-refractivity contribution in [1.29, 1.82) is 0 Å². The second-order valence-electron chi connectivity index (χ2n) is 4.13. The molecule has 0 bridgehead atoms. The van der Waals surface area contributed by atoms with Crippen LogP contribution in [0, 0.1) is 5.92 Å². The Kier molecular flexibility index (Phi) is 3.06. The second kappa shape index (κ2) is 4.49. The van der Waals surface area contributed by atoms with Gasteiger partial charge in [0.15, 0.2) is 0 Å². The number of hydrogen-bond donors (Lipinski definition) is 1. The van der Waals surface area contributed by atoms with E-state index in [9.17, 15) is 4.79 Å². The third-order valence-electron chi connectivity index (χ3n) is 2.70. The van der Waals surface area contributed by atoms with Crippen molar-refractivity contribution in [2.24, 2.45) is 5.92 Å². The molecule has 1 atom stereocenters. The number of nitrogens with zero attached hydrogens (tertiary/aromatic N) is 1. The maximum atomic E-state index is 11.8. The summed E-state index contributed by atoms with van der Waals surface area (Å²) in [6.07, 6.45) is 0. The fraction of sp³-hybridized carbons (Fsp3) is 0.308.